The number of unbranched alkanes of at least 4 members (excludes halogenated alkanes) is 1. The molecule has 28 heavy (non-hydrogen) atoms. The molecule has 0 unspecified atom stereocenters. The van der Waals surface area contributed by atoms with Crippen molar-refractivity contribution in [3.05, 3.63) is 45.9 Å². The first-order valence-electron chi connectivity index (χ1n) is 8.84. The lowest BCUT2D eigenvalue weighted by Crippen LogP contribution is -2.14. The highest BCUT2D eigenvalue weighted by atomic mass is 32.1. The Balaban J connectivity index is 1.38. The summed E-state index contributed by atoms with van der Waals surface area (Å²) >= 11 is 2.79. The number of carbonyl (C=O) groups is 2. The third-order valence-corrected chi connectivity index (χ3v) is 5.50. The Morgan fingerprint density at radius 3 is 2.00 bits per heavy atom. The molecule has 2 aromatic heterocycles. The van der Waals surface area contributed by atoms with Gasteiger partial charge in [0.05, 0.1) is 6.42 Å². The van der Waals surface area contributed by atoms with Gasteiger partial charge in [0.25, 0.3) is 0 Å². The largest absolute Gasteiger partial charge is 0.301 e. The summed E-state index contributed by atoms with van der Waals surface area (Å²) in [5.74, 6) is -0.245. The number of aromatic nitrogens is 4. The topological polar surface area (TPSA) is 110 Å². The van der Waals surface area contributed by atoms with E-state index in [1.165, 1.54) is 29.6 Å². The highest BCUT2D eigenvalue weighted by molar-refractivity contribution is 7.15. The maximum absolute atomic E-state index is 12.1. The van der Waals surface area contributed by atoms with E-state index >= 15 is 0 Å². The lowest BCUT2D eigenvalue weighted by Gasteiger charge is -2.00. The summed E-state index contributed by atoms with van der Waals surface area (Å²) in [6.45, 7) is 1.45. The van der Waals surface area contributed by atoms with Gasteiger partial charge in [-0.3, -0.25) is 9.59 Å². The summed E-state index contributed by atoms with van der Waals surface area (Å²) in [7, 11) is 0. The highest BCUT2D eigenvalue weighted by Gasteiger charge is 2.10. The first kappa shape index (κ1) is 20.0. The van der Waals surface area contributed by atoms with Crippen LogP contribution in [0.3, 0.4) is 0 Å². The summed E-state index contributed by atoms with van der Waals surface area (Å²) in [6, 6.07) is 9.58. The molecule has 146 valence electrons. The molecular weight excluding hydrogens is 396 g/mol. The van der Waals surface area contributed by atoms with Crippen molar-refractivity contribution in [3.8, 4) is 0 Å². The van der Waals surface area contributed by atoms with E-state index in [2.05, 4.69) is 31.0 Å². The Kier molecular flexibility index (Phi) is 7.15. The molecule has 2 N–H and O–H groups in total. The van der Waals surface area contributed by atoms with Crippen molar-refractivity contribution in [3.63, 3.8) is 0 Å². The first-order valence-corrected chi connectivity index (χ1v) is 10.5. The van der Waals surface area contributed by atoms with Crippen molar-refractivity contribution in [1.82, 2.24) is 20.4 Å². The SMILES string of the molecule is CC(=O)Nc1nnc(CCCCc2nnc(NC(=O)Cc3ccccc3)s2)s1. The van der Waals surface area contributed by atoms with Crippen molar-refractivity contribution in [2.24, 2.45) is 0 Å². The van der Waals surface area contributed by atoms with Crippen LogP contribution in [0.2, 0.25) is 0 Å². The van der Waals surface area contributed by atoms with E-state index < -0.39 is 0 Å². The molecule has 10 heteroatoms. The fourth-order valence-electron chi connectivity index (χ4n) is 2.46. The number of hydrogen-bond donors (Lipinski definition) is 2. The third-order valence-electron chi connectivity index (χ3n) is 3.70. The molecule has 0 bridgehead atoms. The molecule has 1 aromatic carbocycles. The Morgan fingerprint density at radius 1 is 0.857 bits per heavy atom. The van der Waals surface area contributed by atoms with E-state index in [9.17, 15) is 9.59 Å². The molecule has 3 aromatic rings. The summed E-state index contributed by atoms with van der Waals surface area (Å²) < 4.78 is 0. The summed E-state index contributed by atoms with van der Waals surface area (Å²) in [6.07, 6.45) is 3.78. The van der Waals surface area contributed by atoms with Gasteiger partial charge in [-0.25, -0.2) is 0 Å². The number of nitrogens with one attached hydrogen (secondary N) is 2. The Labute approximate surface area is 170 Å². The van der Waals surface area contributed by atoms with Crippen LogP contribution in [-0.4, -0.2) is 32.2 Å². The van der Waals surface area contributed by atoms with Gasteiger partial charge in [-0.2, -0.15) is 0 Å². The summed E-state index contributed by atoms with van der Waals surface area (Å²) in [5, 5.41) is 24.5. The smallest absolute Gasteiger partial charge is 0.230 e. The minimum absolute atomic E-state index is 0.0971. The van der Waals surface area contributed by atoms with E-state index in [-0.39, 0.29) is 11.8 Å². The van der Waals surface area contributed by atoms with E-state index in [1.807, 2.05) is 30.3 Å². The third kappa shape index (κ3) is 6.46. The van der Waals surface area contributed by atoms with Gasteiger partial charge < -0.3 is 10.6 Å². The number of benzene rings is 1. The van der Waals surface area contributed by atoms with Gasteiger partial charge in [0.2, 0.25) is 22.1 Å². The molecule has 2 amide bonds. The molecule has 0 aliphatic heterocycles. The highest BCUT2D eigenvalue weighted by Crippen LogP contribution is 2.20. The lowest BCUT2D eigenvalue weighted by atomic mass is 10.1. The zero-order chi connectivity index (χ0) is 19.8. The molecule has 0 saturated heterocycles. The van der Waals surface area contributed by atoms with Crippen LogP contribution in [0.5, 0.6) is 0 Å². The molecule has 2 heterocycles. The zero-order valence-electron chi connectivity index (χ0n) is 15.3. The van der Waals surface area contributed by atoms with Crippen LogP contribution >= 0.6 is 22.7 Å². The zero-order valence-corrected chi connectivity index (χ0v) is 17.0. The van der Waals surface area contributed by atoms with Gasteiger partial charge >= 0.3 is 0 Å². The second-order valence-corrected chi connectivity index (χ2v) is 8.22. The standard InChI is InChI=1S/C18H20N6O2S2/c1-12(25)19-17-23-21-15(27-17)9-5-6-10-16-22-24-18(28-16)20-14(26)11-13-7-3-2-4-8-13/h2-4,7-8H,5-6,9-11H2,1H3,(H,19,23,25)(H,20,24,26). The number of carbonyl (C=O) groups excluding carboxylic acids is 2. The fourth-order valence-corrected chi connectivity index (χ4v) is 4.08. The normalized spacial score (nSPS) is 10.6. The molecule has 0 aliphatic carbocycles. The maximum Gasteiger partial charge on any atom is 0.230 e. The first-order chi connectivity index (χ1) is 13.6. The second kappa shape index (κ2) is 10.00. The van der Waals surface area contributed by atoms with Crippen LogP contribution in [0.1, 0.15) is 35.3 Å². The molecule has 0 saturated carbocycles. The molecule has 3 rings (SSSR count). The van der Waals surface area contributed by atoms with Crippen molar-refractivity contribution in [1.29, 1.82) is 0 Å². The van der Waals surface area contributed by atoms with Gasteiger partial charge in [-0.1, -0.05) is 53.0 Å². The monoisotopic (exact) mass is 416 g/mol. The predicted molar refractivity (Wildman–Crippen MR) is 110 cm³/mol. The van der Waals surface area contributed by atoms with E-state index in [1.54, 1.807) is 0 Å². The van der Waals surface area contributed by atoms with E-state index in [0.717, 1.165) is 41.3 Å². The van der Waals surface area contributed by atoms with Crippen molar-refractivity contribution in [2.45, 2.75) is 39.0 Å². The van der Waals surface area contributed by atoms with Gasteiger partial charge in [0.15, 0.2) is 0 Å². The Morgan fingerprint density at radius 2 is 1.43 bits per heavy atom. The average Bonchev–Trinajstić information content (AvgIpc) is 3.28. The molecule has 8 nitrogen and oxygen atoms in total. The molecule has 0 atom stereocenters. The van der Waals surface area contributed by atoms with Crippen molar-refractivity contribution >= 4 is 44.8 Å². The summed E-state index contributed by atoms with van der Waals surface area (Å²) in [5.41, 5.74) is 0.961. The van der Waals surface area contributed by atoms with Crippen molar-refractivity contribution < 1.29 is 9.59 Å². The molecule has 0 aliphatic rings. The minimum Gasteiger partial charge on any atom is -0.301 e. The van der Waals surface area contributed by atoms with Gasteiger partial charge in [0, 0.05) is 19.8 Å². The maximum atomic E-state index is 12.1. The minimum atomic E-state index is -0.148. The van der Waals surface area contributed by atoms with Crippen LogP contribution < -0.4 is 10.6 Å². The number of aryl methyl sites for hydroxylation is 2. The van der Waals surface area contributed by atoms with E-state index in [0.29, 0.717) is 16.7 Å². The predicted octanol–water partition coefficient (Wildman–Crippen LogP) is 3.09. The van der Waals surface area contributed by atoms with Crippen molar-refractivity contribution in [2.75, 3.05) is 10.6 Å². The summed E-state index contributed by atoms with van der Waals surface area (Å²) in [4.78, 5) is 23.1. The quantitative estimate of drug-likeness (QED) is 0.519. The number of rotatable bonds is 9. The molecule has 0 radical (unpaired) electrons. The number of amides is 2. The van der Waals surface area contributed by atoms with Crippen LogP contribution in [-0.2, 0) is 28.9 Å². The Hall–Kier alpha value is -2.72. The number of anilines is 2. The molecule has 0 spiro atoms. The fraction of sp³-hybridized carbons (Fsp3) is 0.333. The van der Waals surface area contributed by atoms with Crippen LogP contribution in [0.4, 0.5) is 10.3 Å². The number of nitrogens with zero attached hydrogens (tertiary/aromatic N) is 4. The van der Waals surface area contributed by atoms with Gasteiger partial charge in [-0.15, -0.1) is 20.4 Å². The number of hydrogen-bond acceptors (Lipinski definition) is 8. The second-order valence-electron chi connectivity index (χ2n) is 6.10. The Bertz CT molecular complexity index is 925. The average molecular weight is 417 g/mol. The van der Waals surface area contributed by atoms with Crippen LogP contribution in [0.15, 0.2) is 30.3 Å². The lowest BCUT2D eigenvalue weighted by molar-refractivity contribution is -0.116. The van der Waals surface area contributed by atoms with Gasteiger partial charge in [-0.05, 0) is 18.4 Å². The molecular formula is C18H20N6O2S2. The molecule has 0 fully saturated rings. The van der Waals surface area contributed by atoms with E-state index in [4.69, 9.17) is 0 Å². The van der Waals surface area contributed by atoms with Crippen LogP contribution in [0.25, 0.3) is 0 Å². The van der Waals surface area contributed by atoms with Gasteiger partial charge in [0.1, 0.15) is 10.0 Å². The van der Waals surface area contributed by atoms with Crippen LogP contribution in [0, 0.1) is 0 Å².